The van der Waals surface area contributed by atoms with Crippen LogP contribution in [0.1, 0.15) is 11.1 Å². The van der Waals surface area contributed by atoms with Crippen LogP contribution in [0.15, 0.2) is 121 Å². The van der Waals surface area contributed by atoms with Crippen molar-refractivity contribution in [3.8, 4) is 23.5 Å². The van der Waals surface area contributed by atoms with E-state index in [4.69, 9.17) is 0 Å². The summed E-state index contributed by atoms with van der Waals surface area (Å²) in [5.74, 6) is 0. The Morgan fingerprint density at radius 3 is 1.33 bits per heavy atom. The predicted octanol–water partition coefficient (Wildman–Crippen LogP) is 9.99. The van der Waals surface area contributed by atoms with Gasteiger partial charge in [0.05, 0.1) is 45.3 Å². The van der Waals surface area contributed by atoms with Crippen LogP contribution < -0.4 is 0 Å². The Labute approximate surface area is 250 Å². The summed E-state index contributed by atoms with van der Waals surface area (Å²) in [6.07, 6.45) is 0. The minimum Gasteiger partial charge on any atom is -0.309 e. The standard InChI is InChI=1S/C38H20N4S/c39-21-23-9-13-35-29(17-23)30-18-24(22-40)10-14-36(30)42(35)26-12-16-38-32(20-26)31-19-25(11-15-37(31)43-38)41-33-7-3-1-5-27(33)28-6-2-4-8-34(28)41/h1-20H. The summed E-state index contributed by atoms with van der Waals surface area (Å²) in [6.45, 7) is 0. The molecule has 198 valence electrons. The molecule has 0 N–H and O–H groups in total. The average Bonchev–Trinajstić information content (AvgIpc) is 3.71. The number of nitrogens with zero attached hydrogens (tertiary/aromatic N) is 4. The van der Waals surface area contributed by atoms with E-state index in [1.165, 1.54) is 42.0 Å². The molecule has 43 heavy (non-hydrogen) atoms. The molecule has 0 unspecified atom stereocenters. The molecular weight excluding hydrogens is 545 g/mol. The average molecular weight is 565 g/mol. The van der Waals surface area contributed by atoms with E-state index in [1.54, 1.807) is 0 Å². The number of benzene rings is 6. The number of fused-ring (bicyclic) bond motifs is 9. The van der Waals surface area contributed by atoms with Crippen LogP contribution in [0.4, 0.5) is 0 Å². The largest absolute Gasteiger partial charge is 0.309 e. The van der Waals surface area contributed by atoms with E-state index in [9.17, 15) is 10.5 Å². The van der Waals surface area contributed by atoms with Gasteiger partial charge in [0.1, 0.15) is 0 Å². The predicted molar refractivity (Wildman–Crippen MR) is 177 cm³/mol. The molecule has 0 radical (unpaired) electrons. The minimum atomic E-state index is 0.603. The molecule has 6 aromatic carbocycles. The van der Waals surface area contributed by atoms with Crippen molar-refractivity contribution in [3.05, 3.63) is 132 Å². The van der Waals surface area contributed by atoms with Crippen molar-refractivity contribution >= 4 is 75.1 Å². The number of hydrogen-bond acceptors (Lipinski definition) is 3. The second-order valence-corrected chi connectivity index (χ2v) is 11.9. The van der Waals surface area contributed by atoms with E-state index in [-0.39, 0.29) is 0 Å². The van der Waals surface area contributed by atoms with Crippen LogP contribution in [0.5, 0.6) is 0 Å². The van der Waals surface area contributed by atoms with Crippen LogP contribution in [-0.4, -0.2) is 9.13 Å². The van der Waals surface area contributed by atoms with Gasteiger partial charge in [-0.15, -0.1) is 11.3 Å². The van der Waals surface area contributed by atoms with Crippen LogP contribution >= 0.6 is 11.3 Å². The Hall–Kier alpha value is -5.88. The summed E-state index contributed by atoms with van der Waals surface area (Å²) in [5.41, 5.74) is 7.80. The Kier molecular flexibility index (Phi) is 4.87. The number of rotatable bonds is 2. The Balaban J connectivity index is 1.31. The third kappa shape index (κ3) is 3.35. The fourth-order valence-corrected chi connectivity index (χ4v) is 7.74. The van der Waals surface area contributed by atoms with Gasteiger partial charge in [0.25, 0.3) is 0 Å². The molecule has 0 spiro atoms. The fourth-order valence-electron chi connectivity index (χ4n) is 6.67. The Bertz CT molecular complexity index is 2580. The number of aromatic nitrogens is 2. The number of thiophene rings is 1. The minimum absolute atomic E-state index is 0.603. The zero-order chi connectivity index (χ0) is 28.7. The lowest BCUT2D eigenvalue weighted by atomic mass is 10.1. The molecule has 0 amide bonds. The second kappa shape index (κ2) is 8.81. The first-order chi connectivity index (χ1) is 21.2. The van der Waals surface area contributed by atoms with Crippen LogP contribution in [0.2, 0.25) is 0 Å². The van der Waals surface area contributed by atoms with E-state index < -0.39 is 0 Å². The van der Waals surface area contributed by atoms with Gasteiger partial charge in [-0.2, -0.15) is 10.5 Å². The normalized spacial score (nSPS) is 11.7. The summed E-state index contributed by atoms with van der Waals surface area (Å²) in [7, 11) is 0. The van der Waals surface area contributed by atoms with E-state index in [0.29, 0.717) is 11.1 Å². The highest BCUT2D eigenvalue weighted by Gasteiger charge is 2.17. The van der Waals surface area contributed by atoms with Crippen molar-refractivity contribution in [2.45, 2.75) is 0 Å². The topological polar surface area (TPSA) is 57.4 Å². The van der Waals surface area contributed by atoms with Gasteiger partial charge in [-0.25, -0.2) is 0 Å². The lowest BCUT2D eigenvalue weighted by Crippen LogP contribution is -1.94. The lowest BCUT2D eigenvalue weighted by molar-refractivity contribution is 1.18. The summed E-state index contributed by atoms with van der Waals surface area (Å²) in [5, 5.41) is 26.0. The first-order valence-corrected chi connectivity index (χ1v) is 14.9. The Morgan fingerprint density at radius 1 is 0.419 bits per heavy atom. The van der Waals surface area contributed by atoms with Crippen molar-refractivity contribution in [3.63, 3.8) is 0 Å². The molecule has 0 saturated carbocycles. The zero-order valence-electron chi connectivity index (χ0n) is 22.7. The van der Waals surface area contributed by atoms with Crippen LogP contribution in [0.25, 0.3) is 75.2 Å². The molecule has 5 heteroatoms. The molecular formula is C38H20N4S. The molecule has 3 aromatic heterocycles. The van der Waals surface area contributed by atoms with Gasteiger partial charge in [-0.3, -0.25) is 0 Å². The number of nitriles is 2. The van der Waals surface area contributed by atoms with Gasteiger partial charge in [-0.05, 0) is 84.9 Å². The molecule has 0 saturated heterocycles. The van der Waals surface area contributed by atoms with Crippen LogP contribution in [0.3, 0.4) is 0 Å². The van der Waals surface area contributed by atoms with Crippen molar-refractivity contribution in [1.82, 2.24) is 9.13 Å². The molecule has 0 bridgehead atoms. The molecule has 0 fully saturated rings. The molecule has 0 atom stereocenters. The van der Waals surface area contributed by atoms with Gasteiger partial charge in [-0.1, -0.05) is 36.4 Å². The van der Waals surface area contributed by atoms with E-state index in [2.05, 4.69) is 106 Å². The highest BCUT2D eigenvalue weighted by Crippen LogP contribution is 2.40. The van der Waals surface area contributed by atoms with Crippen LogP contribution in [-0.2, 0) is 0 Å². The van der Waals surface area contributed by atoms with E-state index >= 15 is 0 Å². The molecule has 0 aliphatic rings. The maximum atomic E-state index is 9.59. The monoisotopic (exact) mass is 564 g/mol. The quantitative estimate of drug-likeness (QED) is 0.210. The third-order valence-electron chi connectivity index (χ3n) is 8.56. The van der Waals surface area contributed by atoms with Crippen LogP contribution in [0, 0.1) is 22.7 Å². The summed E-state index contributed by atoms with van der Waals surface area (Å²) in [6, 6.07) is 46.8. The van der Waals surface area contributed by atoms with Gasteiger partial charge in [0.2, 0.25) is 0 Å². The molecule has 3 heterocycles. The van der Waals surface area contributed by atoms with Crippen molar-refractivity contribution < 1.29 is 0 Å². The van der Waals surface area contributed by atoms with E-state index in [0.717, 1.165) is 33.2 Å². The summed E-state index contributed by atoms with van der Waals surface area (Å²) >= 11 is 1.81. The molecule has 4 nitrogen and oxygen atoms in total. The van der Waals surface area contributed by atoms with Gasteiger partial charge in [0, 0.05) is 53.1 Å². The number of hydrogen-bond donors (Lipinski definition) is 0. The first kappa shape index (κ1) is 23.8. The lowest BCUT2D eigenvalue weighted by Gasteiger charge is -2.09. The first-order valence-electron chi connectivity index (χ1n) is 14.1. The van der Waals surface area contributed by atoms with Crippen molar-refractivity contribution in [2.75, 3.05) is 0 Å². The molecule has 0 aliphatic heterocycles. The maximum absolute atomic E-state index is 9.59. The Morgan fingerprint density at radius 2 is 0.860 bits per heavy atom. The highest BCUT2D eigenvalue weighted by atomic mass is 32.1. The maximum Gasteiger partial charge on any atom is 0.0991 e. The molecule has 0 aliphatic carbocycles. The van der Waals surface area contributed by atoms with Gasteiger partial charge in [0.15, 0.2) is 0 Å². The van der Waals surface area contributed by atoms with Gasteiger partial charge >= 0.3 is 0 Å². The van der Waals surface area contributed by atoms with Gasteiger partial charge < -0.3 is 9.13 Å². The molecule has 9 rings (SSSR count). The zero-order valence-corrected chi connectivity index (χ0v) is 23.6. The highest BCUT2D eigenvalue weighted by molar-refractivity contribution is 7.25. The van der Waals surface area contributed by atoms with Crippen molar-refractivity contribution in [1.29, 1.82) is 10.5 Å². The molecule has 9 aromatic rings. The smallest absolute Gasteiger partial charge is 0.0991 e. The number of para-hydroxylation sites is 2. The summed E-state index contributed by atoms with van der Waals surface area (Å²) in [4.78, 5) is 0. The van der Waals surface area contributed by atoms with E-state index in [1.807, 2.05) is 47.7 Å². The fraction of sp³-hybridized carbons (Fsp3) is 0. The summed E-state index contributed by atoms with van der Waals surface area (Å²) < 4.78 is 7.09. The third-order valence-corrected chi connectivity index (χ3v) is 9.71. The SMILES string of the molecule is N#Cc1ccc2c(c1)c1cc(C#N)ccc1n2-c1ccc2sc3ccc(-n4c5ccccc5c5ccccc54)cc3c2c1. The second-order valence-electron chi connectivity index (χ2n) is 10.9. The van der Waals surface area contributed by atoms with Crippen molar-refractivity contribution in [2.24, 2.45) is 0 Å².